The summed E-state index contributed by atoms with van der Waals surface area (Å²) in [5.41, 5.74) is 3.21. The smallest absolute Gasteiger partial charge is 0.342 e. The fourth-order valence-corrected chi connectivity index (χ4v) is 3.81. The Morgan fingerprint density at radius 3 is 2.70 bits per heavy atom. The second-order valence-electron chi connectivity index (χ2n) is 7.64. The molecule has 0 aliphatic carbocycles. The summed E-state index contributed by atoms with van der Waals surface area (Å²) in [5, 5.41) is 5.33. The number of aromatic amines is 1. The normalized spacial score (nSPS) is 11.0. The van der Waals surface area contributed by atoms with Crippen molar-refractivity contribution in [3.63, 3.8) is 0 Å². The second-order valence-corrected chi connectivity index (χ2v) is 7.64. The zero-order valence-electron chi connectivity index (χ0n) is 18.3. The molecule has 1 N–H and O–H groups in total. The fourth-order valence-electron chi connectivity index (χ4n) is 3.81. The highest BCUT2D eigenvalue weighted by Crippen LogP contribution is 2.33. The van der Waals surface area contributed by atoms with Crippen molar-refractivity contribution in [1.29, 1.82) is 0 Å². The van der Waals surface area contributed by atoms with Crippen LogP contribution >= 0.6 is 0 Å². The standard InChI is InChI=1S/C26H22N4O3/c1-30-23(15-17-7-4-3-5-8-17)28-25(29-30)18-9-6-10-19(16-18)33-22-12-11-21-20(13-14-27-21)24(22)26(31)32-2/h3-14,16,27H,15H2,1-2H3. The monoisotopic (exact) mass is 438 g/mol. The van der Waals surface area contributed by atoms with Gasteiger partial charge in [0.1, 0.15) is 22.9 Å². The predicted octanol–water partition coefficient (Wildman–Crippen LogP) is 5.13. The van der Waals surface area contributed by atoms with Crippen LogP contribution in [0.4, 0.5) is 0 Å². The number of ether oxygens (including phenoxy) is 2. The van der Waals surface area contributed by atoms with Gasteiger partial charge in [-0.3, -0.25) is 4.68 Å². The van der Waals surface area contributed by atoms with Crippen molar-refractivity contribution in [3.8, 4) is 22.9 Å². The number of hydrogen-bond acceptors (Lipinski definition) is 5. The third kappa shape index (κ3) is 4.08. The Morgan fingerprint density at radius 1 is 1.03 bits per heavy atom. The summed E-state index contributed by atoms with van der Waals surface area (Å²) in [5.74, 6) is 2.02. The Labute approximate surface area is 190 Å². The third-order valence-corrected chi connectivity index (χ3v) is 5.46. The van der Waals surface area contributed by atoms with E-state index < -0.39 is 5.97 Å². The van der Waals surface area contributed by atoms with Gasteiger partial charge < -0.3 is 14.5 Å². The number of methoxy groups -OCH3 is 1. The molecule has 3 aromatic carbocycles. The first kappa shape index (κ1) is 20.5. The lowest BCUT2D eigenvalue weighted by molar-refractivity contribution is 0.0600. The molecule has 5 aromatic rings. The van der Waals surface area contributed by atoms with Gasteiger partial charge in [0.2, 0.25) is 0 Å². The molecule has 0 atom stereocenters. The molecule has 0 radical (unpaired) electrons. The van der Waals surface area contributed by atoms with E-state index in [4.69, 9.17) is 14.5 Å². The molecule has 164 valence electrons. The number of H-pyrrole nitrogens is 1. The van der Waals surface area contributed by atoms with Crippen LogP contribution in [0.5, 0.6) is 11.5 Å². The largest absolute Gasteiger partial charge is 0.465 e. The van der Waals surface area contributed by atoms with Crippen LogP contribution in [0.3, 0.4) is 0 Å². The van der Waals surface area contributed by atoms with Gasteiger partial charge in [-0.05, 0) is 35.9 Å². The summed E-state index contributed by atoms with van der Waals surface area (Å²) in [6.45, 7) is 0. The van der Waals surface area contributed by atoms with Gasteiger partial charge in [-0.1, -0.05) is 42.5 Å². The van der Waals surface area contributed by atoms with Crippen LogP contribution in [0.2, 0.25) is 0 Å². The molecule has 5 rings (SSSR count). The molecular weight excluding hydrogens is 416 g/mol. The maximum absolute atomic E-state index is 12.5. The van der Waals surface area contributed by atoms with E-state index in [2.05, 4.69) is 22.2 Å². The average Bonchev–Trinajstić information content (AvgIpc) is 3.46. The number of esters is 1. The quantitative estimate of drug-likeness (QED) is 0.372. The minimum atomic E-state index is -0.455. The van der Waals surface area contributed by atoms with E-state index in [1.54, 1.807) is 16.9 Å². The number of aromatic nitrogens is 4. The van der Waals surface area contributed by atoms with Crippen molar-refractivity contribution in [1.82, 2.24) is 19.7 Å². The number of carbonyl (C=O) groups is 1. The highest BCUT2D eigenvalue weighted by Gasteiger charge is 2.19. The van der Waals surface area contributed by atoms with Crippen LogP contribution in [-0.4, -0.2) is 32.8 Å². The van der Waals surface area contributed by atoms with Gasteiger partial charge in [0.05, 0.1) is 7.11 Å². The molecule has 0 unspecified atom stereocenters. The highest BCUT2D eigenvalue weighted by molar-refractivity contribution is 6.06. The summed E-state index contributed by atoms with van der Waals surface area (Å²) in [6, 6.07) is 23.1. The molecule has 33 heavy (non-hydrogen) atoms. The minimum Gasteiger partial charge on any atom is -0.465 e. The second kappa shape index (κ2) is 8.63. The van der Waals surface area contributed by atoms with Crippen molar-refractivity contribution in [2.75, 3.05) is 7.11 Å². The Balaban J connectivity index is 1.45. The van der Waals surface area contributed by atoms with E-state index in [9.17, 15) is 4.79 Å². The number of aryl methyl sites for hydroxylation is 1. The average molecular weight is 438 g/mol. The van der Waals surface area contributed by atoms with E-state index in [1.165, 1.54) is 12.7 Å². The lowest BCUT2D eigenvalue weighted by Crippen LogP contribution is -2.04. The predicted molar refractivity (Wildman–Crippen MR) is 125 cm³/mol. The van der Waals surface area contributed by atoms with E-state index in [0.29, 0.717) is 29.3 Å². The van der Waals surface area contributed by atoms with E-state index in [0.717, 1.165) is 22.3 Å². The van der Waals surface area contributed by atoms with Gasteiger partial charge in [0.25, 0.3) is 0 Å². The summed E-state index contributed by atoms with van der Waals surface area (Å²) in [6.07, 6.45) is 2.47. The molecule has 0 bridgehead atoms. The highest BCUT2D eigenvalue weighted by atomic mass is 16.5. The zero-order valence-corrected chi connectivity index (χ0v) is 18.3. The van der Waals surface area contributed by atoms with Gasteiger partial charge >= 0.3 is 5.97 Å². The van der Waals surface area contributed by atoms with Crippen LogP contribution in [-0.2, 0) is 18.2 Å². The van der Waals surface area contributed by atoms with Crippen molar-refractivity contribution in [3.05, 3.63) is 95.9 Å². The molecule has 0 aliphatic rings. The van der Waals surface area contributed by atoms with Gasteiger partial charge in [-0.25, -0.2) is 9.78 Å². The summed E-state index contributed by atoms with van der Waals surface area (Å²) < 4.78 is 12.9. The molecule has 0 saturated carbocycles. The number of fused-ring (bicyclic) bond motifs is 1. The molecule has 0 saturated heterocycles. The molecule has 0 fully saturated rings. The summed E-state index contributed by atoms with van der Waals surface area (Å²) >= 11 is 0. The summed E-state index contributed by atoms with van der Waals surface area (Å²) in [4.78, 5) is 20.3. The van der Waals surface area contributed by atoms with Crippen LogP contribution in [0.15, 0.2) is 79.0 Å². The van der Waals surface area contributed by atoms with Crippen molar-refractivity contribution in [2.45, 2.75) is 6.42 Å². The van der Waals surface area contributed by atoms with Gasteiger partial charge in [0, 0.05) is 36.1 Å². The molecule has 0 amide bonds. The maximum Gasteiger partial charge on any atom is 0.342 e. The van der Waals surface area contributed by atoms with E-state index in [1.807, 2.05) is 61.6 Å². The maximum atomic E-state index is 12.5. The van der Waals surface area contributed by atoms with E-state index in [-0.39, 0.29) is 0 Å². The molecule has 0 aliphatic heterocycles. The molecular formula is C26H22N4O3. The number of rotatable bonds is 6. The molecule has 7 nitrogen and oxygen atoms in total. The topological polar surface area (TPSA) is 82.0 Å². The number of carbonyl (C=O) groups excluding carboxylic acids is 1. The lowest BCUT2D eigenvalue weighted by atomic mass is 10.1. The minimum absolute atomic E-state index is 0.378. The Bertz CT molecular complexity index is 1440. The van der Waals surface area contributed by atoms with Crippen LogP contribution in [0.25, 0.3) is 22.3 Å². The van der Waals surface area contributed by atoms with Gasteiger partial charge in [-0.15, -0.1) is 0 Å². The fraction of sp³-hybridized carbons (Fsp3) is 0.115. The first-order valence-corrected chi connectivity index (χ1v) is 10.5. The van der Waals surface area contributed by atoms with Gasteiger partial charge in [-0.2, -0.15) is 5.10 Å². The number of hydrogen-bond donors (Lipinski definition) is 1. The molecule has 0 spiro atoms. The Kier molecular flexibility index (Phi) is 5.36. The first-order valence-electron chi connectivity index (χ1n) is 10.5. The van der Waals surface area contributed by atoms with Crippen LogP contribution in [0, 0.1) is 0 Å². The first-order chi connectivity index (χ1) is 16.1. The molecule has 7 heteroatoms. The van der Waals surface area contributed by atoms with Crippen LogP contribution in [0.1, 0.15) is 21.7 Å². The van der Waals surface area contributed by atoms with E-state index >= 15 is 0 Å². The Hall–Kier alpha value is -4.39. The molecule has 2 heterocycles. The summed E-state index contributed by atoms with van der Waals surface area (Å²) in [7, 11) is 3.25. The molecule has 2 aromatic heterocycles. The number of nitrogens with zero attached hydrogens (tertiary/aromatic N) is 3. The van der Waals surface area contributed by atoms with Gasteiger partial charge in [0.15, 0.2) is 5.82 Å². The van der Waals surface area contributed by atoms with Crippen molar-refractivity contribution < 1.29 is 14.3 Å². The lowest BCUT2D eigenvalue weighted by Gasteiger charge is -2.11. The third-order valence-electron chi connectivity index (χ3n) is 5.46. The SMILES string of the molecule is COC(=O)c1c(Oc2cccc(-c3nc(Cc4ccccc4)n(C)n3)c2)ccc2[nH]ccc12. The van der Waals surface area contributed by atoms with Crippen molar-refractivity contribution >= 4 is 16.9 Å². The van der Waals surface area contributed by atoms with Crippen LogP contribution < -0.4 is 4.74 Å². The Morgan fingerprint density at radius 2 is 1.88 bits per heavy atom. The number of benzene rings is 3. The van der Waals surface area contributed by atoms with Crippen molar-refractivity contribution in [2.24, 2.45) is 7.05 Å². The zero-order chi connectivity index (χ0) is 22.8. The number of nitrogens with one attached hydrogen (secondary N) is 1.